The van der Waals surface area contributed by atoms with Crippen LogP contribution in [-0.2, 0) is 17.6 Å². The first-order chi connectivity index (χ1) is 6.28. The second-order valence-electron chi connectivity index (χ2n) is 4.48. The maximum atomic E-state index is 5.51. The Kier molecular flexibility index (Phi) is 1.37. The highest BCUT2D eigenvalue weighted by Crippen LogP contribution is 2.42. The van der Waals surface area contributed by atoms with Gasteiger partial charge in [-0.2, -0.15) is 0 Å². The highest BCUT2D eigenvalue weighted by atomic mass is 16.6. The molecule has 0 aromatic heterocycles. The third-order valence-electron chi connectivity index (χ3n) is 3.51. The number of benzene rings is 1. The molecular formula is C12H14O. The average molecular weight is 174 g/mol. The van der Waals surface area contributed by atoms with Crippen molar-refractivity contribution in [3.8, 4) is 0 Å². The van der Waals surface area contributed by atoms with Crippen LogP contribution in [0.5, 0.6) is 0 Å². The summed E-state index contributed by atoms with van der Waals surface area (Å²) in [6.45, 7) is 3.20. The lowest BCUT2D eigenvalue weighted by molar-refractivity contribution is 0.240. The summed E-state index contributed by atoms with van der Waals surface area (Å²) in [7, 11) is 0. The van der Waals surface area contributed by atoms with Gasteiger partial charge in [0, 0.05) is 0 Å². The van der Waals surface area contributed by atoms with Crippen molar-refractivity contribution in [3.63, 3.8) is 0 Å². The fourth-order valence-corrected chi connectivity index (χ4v) is 2.34. The SMILES string of the molecule is CC1(C2Cc3ccccc3C2)CO1. The van der Waals surface area contributed by atoms with Crippen LogP contribution in [0.2, 0.25) is 0 Å². The molecule has 68 valence electrons. The van der Waals surface area contributed by atoms with E-state index in [1.807, 2.05) is 0 Å². The molecular weight excluding hydrogens is 160 g/mol. The van der Waals surface area contributed by atoms with Gasteiger partial charge in [0.25, 0.3) is 0 Å². The second-order valence-corrected chi connectivity index (χ2v) is 4.48. The first kappa shape index (κ1) is 7.57. The van der Waals surface area contributed by atoms with E-state index in [0.29, 0.717) is 0 Å². The summed E-state index contributed by atoms with van der Waals surface area (Å²) in [4.78, 5) is 0. The van der Waals surface area contributed by atoms with Gasteiger partial charge in [0.05, 0.1) is 12.2 Å². The molecule has 0 radical (unpaired) electrons. The standard InChI is InChI=1S/C12H14O/c1-12(8-13-12)11-6-9-4-2-3-5-10(9)7-11/h2-5,11H,6-8H2,1H3. The van der Waals surface area contributed by atoms with Crippen LogP contribution in [0.25, 0.3) is 0 Å². The summed E-state index contributed by atoms with van der Waals surface area (Å²) in [5.41, 5.74) is 3.27. The minimum Gasteiger partial charge on any atom is -0.370 e. The predicted molar refractivity (Wildman–Crippen MR) is 51.7 cm³/mol. The van der Waals surface area contributed by atoms with Crippen LogP contribution in [0.3, 0.4) is 0 Å². The van der Waals surface area contributed by atoms with Gasteiger partial charge in [-0.3, -0.25) is 0 Å². The highest BCUT2D eigenvalue weighted by molar-refractivity contribution is 5.33. The number of ether oxygens (including phenoxy) is 1. The lowest BCUT2D eigenvalue weighted by atomic mass is 9.92. The van der Waals surface area contributed by atoms with Crippen LogP contribution in [0, 0.1) is 5.92 Å². The van der Waals surface area contributed by atoms with E-state index in [4.69, 9.17) is 4.74 Å². The molecule has 1 heterocycles. The lowest BCUT2D eigenvalue weighted by Gasteiger charge is -2.12. The van der Waals surface area contributed by atoms with E-state index in [-0.39, 0.29) is 5.60 Å². The maximum Gasteiger partial charge on any atom is 0.0922 e. The number of fused-ring (bicyclic) bond motifs is 1. The van der Waals surface area contributed by atoms with Gasteiger partial charge >= 0.3 is 0 Å². The van der Waals surface area contributed by atoms with Crippen LogP contribution in [0.4, 0.5) is 0 Å². The van der Waals surface area contributed by atoms with Gasteiger partial charge in [0.2, 0.25) is 0 Å². The molecule has 0 saturated carbocycles. The Morgan fingerprint density at radius 2 is 1.77 bits per heavy atom. The third-order valence-corrected chi connectivity index (χ3v) is 3.51. The molecule has 1 nitrogen and oxygen atoms in total. The Morgan fingerprint density at radius 1 is 1.23 bits per heavy atom. The van der Waals surface area contributed by atoms with Crippen molar-refractivity contribution >= 4 is 0 Å². The van der Waals surface area contributed by atoms with Crippen LogP contribution < -0.4 is 0 Å². The van der Waals surface area contributed by atoms with Gasteiger partial charge in [-0.15, -0.1) is 0 Å². The average Bonchev–Trinajstić information content (AvgIpc) is 2.76. The topological polar surface area (TPSA) is 12.5 Å². The van der Waals surface area contributed by atoms with Gasteiger partial charge in [0.1, 0.15) is 0 Å². The summed E-state index contributed by atoms with van der Waals surface area (Å²) < 4.78 is 5.51. The minimum absolute atomic E-state index is 0.207. The second kappa shape index (κ2) is 2.36. The highest BCUT2D eigenvalue weighted by Gasteiger charge is 2.48. The van der Waals surface area contributed by atoms with Crippen LogP contribution >= 0.6 is 0 Å². The molecule has 13 heavy (non-hydrogen) atoms. The van der Waals surface area contributed by atoms with Gasteiger partial charge in [-0.05, 0) is 36.8 Å². The lowest BCUT2D eigenvalue weighted by Crippen LogP contribution is -2.20. The first-order valence-electron chi connectivity index (χ1n) is 4.99. The molecule has 1 atom stereocenters. The Labute approximate surface area is 78.7 Å². The zero-order chi connectivity index (χ0) is 8.89. The normalized spacial score (nSPS) is 31.8. The number of hydrogen-bond donors (Lipinski definition) is 0. The van der Waals surface area contributed by atoms with E-state index in [1.165, 1.54) is 24.0 Å². The van der Waals surface area contributed by atoms with E-state index < -0.39 is 0 Å². The zero-order valence-electron chi connectivity index (χ0n) is 7.92. The van der Waals surface area contributed by atoms with Crippen molar-refractivity contribution in [1.29, 1.82) is 0 Å². The molecule has 1 saturated heterocycles. The Balaban J connectivity index is 1.89. The molecule has 0 spiro atoms. The molecule has 3 rings (SSSR count). The van der Waals surface area contributed by atoms with Gasteiger partial charge < -0.3 is 4.74 Å². The minimum atomic E-state index is 0.207. The van der Waals surface area contributed by atoms with Crippen molar-refractivity contribution in [3.05, 3.63) is 35.4 Å². The van der Waals surface area contributed by atoms with E-state index in [0.717, 1.165) is 12.5 Å². The van der Waals surface area contributed by atoms with E-state index in [2.05, 4.69) is 31.2 Å². The van der Waals surface area contributed by atoms with Crippen molar-refractivity contribution in [2.75, 3.05) is 6.61 Å². The molecule has 1 fully saturated rings. The summed E-state index contributed by atoms with van der Waals surface area (Å²) in [6.07, 6.45) is 2.43. The quantitative estimate of drug-likeness (QED) is 0.594. The summed E-state index contributed by atoms with van der Waals surface area (Å²) in [5.74, 6) is 0.727. The Hall–Kier alpha value is -0.820. The van der Waals surface area contributed by atoms with E-state index in [1.54, 1.807) is 0 Å². The number of epoxide rings is 1. The van der Waals surface area contributed by atoms with Crippen LogP contribution in [0.15, 0.2) is 24.3 Å². The summed E-state index contributed by atoms with van der Waals surface area (Å²) in [5, 5.41) is 0. The van der Waals surface area contributed by atoms with Crippen molar-refractivity contribution in [2.45, 2.75) is 25.4 Å². The molecule has 0 amide bonds. The molecule has 1 aromatic rings. The molecule has 1 aliphatic carbocycles. The summed E-state index contributed by atoms with van der Waals surface area (Å²) in [6, 6.07) is 8.77. The predicted octanol–water partition coefficient (Wildman–Crippen LogP) is 2.19. The van der Waals surface area contributed by atoms with Gasteiger partial charge in [-0.25, -0.2) is 0 Å². The molecule has 0 bridgehead atoms. The molecule has 1 unspecified atom stereocenters. The number of rotatable bonds is 1. The molecule has 1 aromatic carbocycles. The van der Waals surface area contributed by atoms with Gasteiger partial charge in [0.15, 0.2) is 0 Å². The van der Waals surface area contributed by atoms with Crippen molar-refractivity contribution in [2.24, 2.45) is 5.92 Å². The smallest absolute Gasteiger partial charge is 0.0922 e. The largest absolute Gasteiger partial charge is 0.370 e. The van der Waals surface area contributed by atoms with Crippen LogP contribution in [-0.4, -0.2) is 12.2 Å². The molecule has 1 aliphatic heterocycles. The van der Waals surface area contributed by atoms with E-state index in [9.17, 15) is 0 Å². The Morgan fingerprint density at radius 3 is 2.23 bits per heavy atom. The fourth-order valence-electron chi connectivity index (χ4n) is 2.34. The van der Waals surface area contributed by atoms with Gasteiger partial charge in [-0.1, -0.05) is 24.3 Å². The maximum absolute atomic E-state index is 5.51. The van der Waals surface area contributed by atoms with E-state index >= 15 is 0 Å². The first-order valence-corrected chi connectivity index (χ1v) is 4.99. The third kappa shape index (κ3) is 1.11. The Bertz CT molecular complexity index is 314. The van der Waals surface area contributed by atoms with Crippen LogP contribution in [0.1, 0.15) is 18.1 Å². The molecule has 2 aliphatic rings. The molecule has 1 heteroatoms. The van der Waals surface area contributed by atoms with Crippen molar-refractivity contribution < 1.29 is 4.74 Å². The number of hydrogen-bond acceptors (Lipinski definition) is 1. The summed E-state index contributed by atoms with van der Waals surface area (Å²) >= 11 is 0. The molecule has 0 N–H and O–H groups in total. The monoisotopic (exact) mass is 174 g/mol. The van der Waals surface area contributed by atoms with Crippen molar-refractivity contribution in [1.82, 2.24) is 0 Å². The zero-order valence-corrected chi connectivity index (χ0v) is 7.92. The fraction of sp³-hybridized carbons (Fsp3) is 0.500.